The fourth-order valence-electron chi connectivity index (χ4n) is 5.32. The first kappa shape index (κ1) is 27.6. The maximum absolute atomic E-state index is 13.9. The normalized spacial score (nSPS) is 16.0. The molecule has 0 radical (unpaired) electrons. The second-order valence-corrected chi connectivity index (χ2v) is 10.5. The number of anilines is 4. The highest BCUT2D eigenvalue weighted by molar-refractivity contribution is 5.93. The lowest BCUT2D eigenvalue weighted by atomic mass is 10.1. The van der Waals surface area contributed by atoms with Crippen LogP contribution < -0.4 is 20.3 Å². The quantitative estimate of drug-likeness (QED) is 0.298. The average molecular weight is 575 g/mol. The third-order valence-corrected chi connectivity index (χ3v) is 7.65. The maximum atomic E-state index is 13.9. The highest BCUT2D eigenvalue weighted by Crippen LogP contribution is 2.31. The van der Waals surface area contributed by atoms with Crippen molar-refractivity contribution in [3.8, 4) is 5.75 Å². The summed E-state index contributed by atoms with van der Waals surface area (Å²) in [6, 6.07) is 15.1. The molecule has 1 aromatic heterocycles. The van der Waals surface area contributed by atoms with E-state index in [0.29, 0.717) is 39.1 Å². The summed E-state index contributed by atoms with van der Waals surface area (Å²) >= 11 is 0. The molecule has 218 valence electrons. The number of carbonyl (C=O) groups is 1. The van der Waals surface area contributed by atoms with E-state index in [2.05, 4.69) is 37.6 Å². The first-order valence-electron chi connectivity index (χ1n) is 14.1. The van der Waals surface area contributed by atoms with Gasteiger partial charge in [0.15, 0.2) is 0 Å². The van der Waals surface area contributed by atoms with Gasteiger partial charge in [-0.2, -0.15) is 0 Å². The summed E-state index contributed by atoms with van der Waals surface area (Å²) < 4.78 is 39.6. The minimum Gasteiger partial charge on any atom is -0.490 e. The third-order valence-electron chi connectivity index (χ3n) is 7.65. The first-order chi connectivity index (χ1) is 20.4. The molecule has 0 atom stereocenters. The number of carbonyl (C=O) groups excluding carboxylic acids is 1. The molecule has 42 heavy (non-hydrogen) atoms. The molecule has 2 amide bonds. The molecule has 0 unspecified atom stereocenters. The number of nitrogens with one attached hydrogen (secondary N) is 2. The Balaban J connectivity index is 1.08. The topological polar surface area (TPSA) is 91.9 Å². The lowest BCUT2D eigenvalue weighted by molar-refractivity contribution is 0.115. The van der Waals surface area contributed by atoms with Gasteiger partial charge in [0.25, 0.3) is 0 Å². The van der Waals surface area contributed by atoms with Crippen molar-refractivity contribution < 1.29 is 23.0 Å². The molecule has 3 aromatic carbocycles. The summed E-state index contributed by atoms with van der Waals surface area (Å²) in [5.74, 6) is -0.121. The van der Waals surface area contributed by atoms with Crippen molar-refractivity contribution in [2.75, 3.05) is 54.9 Å². The second kappa shape index (κ2) is 12.2. The van der Waals surface area contributed by atoms with Gasteiger partial charge >= 0.3 is 6.03 Å². The van der Waals surface area contributed by atoms with Crippen molar-refractivity contribution >= 4 is 39.8 Å². The zero-order valence-corrected chi connectivity index (χ0v) is 23.3. The summed E-state index contributed by atoms with van der Waals surface area (Å²) in [5.41, 5.74) is 3.38. The van der Waals surface area contributed by atoms with Crippen LogP contribution in [0.5, 0.6) is 5.75 Å². The molecule has 0 bridgehead atoms. The molecule has 2 saturated heterocycles. The van der Waals surface area contributed by atoms with E-state index in [0.717, 1.165) is 64.6 Å². The highest BCUT2D eigenvalue weighted by atomic mass is 19.1. The number of benzene rings is 3. The Morgan fingerprint density at radius 3 is 2.48 bits per heavy atom. The molecule has 2 N–H and O–H groups in total. The third kappa shape index (κ3) is 6.06. The monoisotopic (exact) mass is 574 g/mol. The number of urea groups is 1. The van der Waals surface area contributed by atoms with Gasteiger partial charge in [0.05, 0.1) is 18.7 Å². The summed E-state index contributed by atoms with van der Waals surface area (Å²) in [7, 11) is 0. The van der Waals surface area contributed by atoms with Crippen LogP contribution in [0.2, 0.25) is 0 Å². The van der Waals surface area contributed by atoms with Gasteiger partial charge in [-0.05, 0) is 61.0 Å². The lowest BCUT2D eigenvalue weighted by Crippen LogP contribution is -2.44. The van der Waals surface area contributed by atoms with Crippen LogP contribution in [0.15, 0.2) is 60.9 Å². The standard InChI is InChI=1S/C31H32F2N6O3/c1-20-17-21(36-30-24-18-22(38-13-15-41-16-14-38)6-7-27(24)34-19-35-30)5-8-28(20)42-23-9-11-39(12-10-23)31(40)37-29-25(32)3-2-4-26(29)33/h2-8,17-19,23H,9-16H2,1H3,(H,37,40)(H,34,35,36). The number of nitrogens with zero attached hydrogens (tertiary/aromatic N) is 4. The fourth-order valence-corrected chi connectivity index (χ4v) is 5.32. The van der Waals surface area contributed by atoms with E-state index in [4.69, 9.17) is 9.47 Å². The molecular formula is C31H32F2N6O3. The maximum Gasteiger partial charge on any atom is 0.322 e. The number of likely N-dealkylation sites (tertiary alicyclic amines) is 1. The van der Waals surface area contributed by atoms with Gasteiger partial charge in [-0.1, -0.05) is 6.07 Å². The average Bonchev–Trinajstić information content (AvgIpc) is 3.01. The van der Waals surface area contributed by atoms with Gasteiger partial charge in [0, 0.05) is 55.8 Å². The Morgan fingerprint density at radius 2 is 1.74 bits per heavy atom. The largest absolute Gasteiger partial charge is 0.490 e. The number of hydrogen-bond acceptors (Lipinski definition) is 7. The van der Waals surface area contributed by atoms with Gasteiger partial charge in [-0.15, -0.1) is 0 Å². The Bertz CT molecular complexity index is 1570. The molecule has 2 fully saturated rings. The summed E-state index contributed by atoms with van der Waals surface area (Å²) in [5, 5.41) is 6.73. The second-order valence-electron chi connectivity index (χ2n) is 10.5. The van der Waals surface area contributed by atoms with Crippen LogP contribution in [0.25, 0.3) is 10.9 Å². The number of aromatic nitrogens is 2. The van der Waals surface area contributed by atoms with E-state index in [1.807, 2.05) is 31.2 Å². The molecule has 0 saturated carbocycles. The van der Waals surface area contributed by atoms with E-state index >= 15 is 0 Å². The highest BCUT2D eigenvalue weighted by Gasteiger charge is 2.25. The number of aryl methyl sites for hydroxylation is 1. The number of fused-ring (bicyclic) bond motifs is 1. The minimum absolute atomic E-state index is 0.0822. The van der Waals surface area contributed by atoms with Crippen molar-refractivity contribution in [3.63, 3.8) is 0 Å². The lowest BCUT2D eigenvalue weighted by Gasteiger charge is -2.32. The predicted molar refractivity (Wildman–Crippen MR) is 158 cm³/mol. The van der Waals surface area contributed by atoms with Gasteiger partial charge in [-0.25, -0.2) is 23.5 Å². The van der Waals surface area contributed by atoms with Crippen LogP contribution >= 0.6 is 0 Å². The van der Waals surface area contributed by atoms with Crippen LogP contribution in [-0.4, -0.2) is 66.4 Å². The molecule has 0 spiro atoms. The Hall–Kier alpha value is -4.51. The number of piperidine rings is 1. The molecule has 2 aliphatic rings. The number of halogens is 2. The van der Waals surface area contributed by atoms with Crippen molar-refractivity contribution in [3.05, 3.63) is 78.1 Å². The predicted octanol–water partition coefficient (Wildman–Crippen LogP) is 5.87. The van der Waals surface area contributed by atoms with E-state index < -0.39 is 23.4 Å². The van der Waals surface area contributed by atoms with E-state index in [9.17, 15) is 13.6 Å². The molecule has 6 rings (SSSR count). The Kier molecular flexibility index (Phi) is 8.00. The van der Waals surface area contributed by atoms with Crippen LogP contribution in [0.1, 0.15) is 18.4 Å². The zero-order chi connectivity index (χ0) is 29.1. The van der Waals surface area contributed by atoms with Crippen LogP contribution in [0.3, 0.4) is 0 Å². The SMILES string of the molecule is Cc1cc(Nc2ncnc3ccc(N4CCOCC4)cc23)ccc1OC1CCN(C(=O)Nc2c(F)cccc2F)CC1. The van der Waals surface area contributed by atoms with Crippen LogP contribution in [0.4, 0.5) is 36.5 Å². The Morgan fingerprint density at radius 1 is 0.976 bits per heavy atom. The van der Waals surface area contributed by atoms with E-state index in [1.54, 1.807) is 11.2 Å². The van der Waals surface area contributed by atoms with Gasteiger partial charge < -0.3 is 29.9 Å². The number of morpholine rings is 1. The van der Waals surface area contributed by atoms with Gasteiger partial charge in [0.2, 0.25) is 0 Å². The fraction of sp³-hybridized carbons (Fsp3) is 0.323. The molecule has 9 nitrogen and oxygen atoms in total. The zero-order valence-electron chi connectivity index (χ0n) is 23.3. The van der Waals surface area contributed by atoms with Gasteiger partial charge in [0.1, 0.15) is 41.3 Å². The van der Waals surface area contributed by atoms with Crippen molar-refractivity contribution in [1.29, 1.82) is 0 Å². The number of hydrogen-bond donors (Lipinski definition) is 2. The molecule has 0 aliphatic carbocycles. The van der Waals surface area contributed by atoms with Crippen molar-refractivity contribution in [2.24, 2.45) is 0 Å². The number of rotatable bonds is 6. The number of amides is 2. The van der Waals surface area contributed by atoms with Crippen LogP contribution in [0, 0.1) is 18.6 Å². The number of para-hydroxylation sites is 1. The first-order valence-corrected chi connectivity index (χ1v) is 14.1. The summed E-state index contributed by atoms with van der Waals surface area (Å²) in [6.45, 7) is 5.95. The smallest absolute Gasteiger partial charge is 0.322 e. The Labute approximate surface area is 242 Å². The van der Waals surface area contributed by atoms with E-state index in [1.165, 1.54) is 6.07 Å². The van der Waals surface area contributed by atoms with Crippen molar-refractivity contribution in [1.82, 2.24) is 14.9 Å². The molecule has 2 aliphatic heterocycles. The number of ether oxygens (including phenoxy) is 2. The van der Waals surface area contributed by atoms with Gasteiger partial charge in [-0.3, -0.25) is 0 Å². The van der Waals surface area contributed by atoms with Crippen molar-refractivity contribution in [2.45, 2.75) is 25.9 Å². The minimum atomic E-state index is -0.805. The molecule has 4 aromatic rings. The molecule has 3 heterocycles. The summed E-state index contributed by atoms with van der Waals surface area (Å²) in [6.07, 6.45) is 2.68. The van der Waals surface area contributed by atoms with Crippen LogP contribution in [-0.2, 0) is 4.74 Å². The molecule has 11 heteroatoms. The molecular weight excluding hydrogens is 542 g/mol. The summed E-state index contributed by atoms with van der Waals surface area (Å²) in [4.78, 5) is 25.4. The van der Waals surface area contributed by atoms with E-state index in [-0.39, 0.29) is 6.10 Å².